The lowest BCUT2D eigenvalue weighted by atomic mass is 9.98. The van der Waals surface area contributed by atoms with Gasteiger partial charge in [0.15, 0.2) is 5.03 Å². The minimum atomic E-state index is -3.44. The van der Waals surface area contributed by atoms with Gasteiger partial charge in [-0.1, -0.05) is 13.8 Å². The van der Waals surface area contributed by atoms with Gasteiger partial charge in [0.1, 0.15) is 5.82 Å². The Morgan fingerprint density at radius 1 is 1.42 bits per heavy atom. The monoisotopic (exact) mass is 285 g/mol. The topological polar surface area (TPSA) is 55.2 Å². The molecule has 0 saturated carbocycles. The Balaban J connectivity index is 2.56. The lowest BCUT2D eigenvalue weighted by Crippen LogP contribution is -2.26. The molecule has 0 amide bonds. The summed E-state index contributed by atoms with van der Waals surface area (Å²) in [6.07, 6.45) is 3.72. The summed E-state index contributed by atoms with van der Waals surface area (Å²) in [6, 6.07) is 0. The molecule has 1 aliphatic rings. The number of hydrogen-bond acceptors (Lipinski definition) is 3. The van der Waals surface area contributed by atoms with Gasteiger partial charge in [0.05, 0.1) is 5.69 Å². The number of aromatic nitrogens is 2. The molecular weight excluding hydrogens is 262 g/mol. The Bertz CT molecular complexity index is 561. The van der Waals surface area contributed by atoms with Crippen LogP contribution in [0.25, 0.3) is 0 Å². The molecule has 1 aliphatic heterocycles. The Morgan fingerprint density at radius 2 is 2.11 bits per heavy atom. The molecule has 1 atom stereocenters. The Labute approximate surface area is 115 Å². The average Bonchev–Trinajstić information content (AvgIpc) is 2.68. The second kappa shape index (κ2) is 5.25. The normalized spacial score (nSPS) is 19.7. The van der Waals surface area contributed by atoms with Crippen LogP contribution in [0, 0.1) is 5.92 Å². The fraction of sp³-hybridized carbons (Fsp3) is 0.769. The summed E-state index contributed by atoms with van der Waals surface area (Å²) in [5, 5.41) is 0.271. The van der Waals surface area contributed by atoms with Crippen molar-refractivity contribution in [3.8, 4) is 0 Å². The molecule has 6 heteroatoms. The highest BCUT2D eigenvalue weighted by atomic mass is 32.2. The van der Waals surface area contributed by atoms with Gasteiger partial charge in [-0.05, 0) is 25.2 Å². The first-order valence-corrected chi connectivity index (χ1v) is 8.32. The van der Waals surface area contributed by atoms with Crippen molar-refractivity contribution < 1.29 is 8.42 Å². The highest BCUT2D eigenvalue weighted by Crippen LogP contribution is 2.28. The van der Waals surface area contributed by atoms with E-state index in [2.05, 4.69) is 23.4 Å². The van der Waals surface area contributed by atoms with Crippen molar-refractivity contribution in [3.05, 3.63) is 11.5 Å². The zero-order valence-corrected chi connectivity index (χ0v) is 13.0. The van der Waals surface area contributed by atoms with Gasteiger partial charge in [0.25, 0.3) is 10.0 Å². The van der Waals surface area contributed by atoms with E-state index >= 15 is 0 Å². The first-order chi connectivity index (χ1) is 8.87. The van der Waals surface area contributed by atoms with Crippen molar-refractivity contribution in [3.63, 3.8) is 0 Å². The maximum Gasteiger partial charge on any atom is 0.261 e. The molecule has 1 unspecified atom stereocenters. The molecule has 108 valence electrons. The molecule has 0 saturated heterocycles. The summed E-state index contributed by atoms with van der Waals surface area (Å²) in [4.78, 5) is 4.44. The predicted molar refractivity (Wildman–Crippen MR) is 74.6 cm³/mol. The van der Waals surface area contributed by atoms with Crippen LogP contribution in [-0.4, -0.2) is 36.4 Å². The summed E-state index contributed by atoms with van der Waals surface area (Å²) in [6.45, 7) is 5.15. The number of hydrogen-bond donors (Lipinski definition) is 0. The van der Waals surface area contributed by atoms with Crippen molar-refractivity contribution in [1.29, 1.82) is 0 Å². The van der Waals surface area contributed by atoms with Crippen LogP contribution in [-0.2, 0) is 29.4 Å². The van der Waals surface area contributed by atoms with E-state index in [0.717, 1.165) is 43.7 Å². The molecule has 0 N–H and O–H groups in total. The predicted octanol–water partition coefficient (Wildman–Crippen LogP) is 1.67. The maximum atomic E-state index is 12.4. The van der Waals surface area contributed by atoms with Crippen molar-refractivity contribution in [2.24, 2.45) is 5.92 Å². The van der Waals surface area contributed by atoms with Crippen molar-refractivity contribution >= 4 is 10.0 Å². The molecule has 0 aromatic carbocycles. The van der Waals surface area contributed by atoms with E-state index in [9.17, 15) is 8.42 Å². The van der Waals surface area contributed by atoms with Gasteiger partial charge in [0, 0.05) is 27.1 Å². The Kier molecular flexibility index (Phi) is 4.01. The average molecular weight is 285 g/mol. The minimum absolute atomic E-state index is 0.271. The number of imidazole rings is 1. The van der Waals surface area contributed by atoms with Gasteiger partial charge in [-0.3, -0.25) is 0 Å². The maximum absolute atomic E-state index is 12.4. The number of sulfonamides is 1. The third kappa shape index (κ3) is 2.56. The molecule has 2 heterocycles. The SMILES string of the molecule is CCCc1nc(S(=O)(=O)N(C)C)c2n1CCC(C)C2. The van der Waals surface area contributed by atoms with E-state index in [4.69, 9.17) is 0 Å². The van der Waals surface area contributed by atoms with Crippen molar-refractivity contribution in [2.45, 2.75) is 51.1 Å². The molecule has 0 bridgehead atoms. The van der Waals surface area contributed by atoms with Crippen LogP contribution in [0.5, 0.6) is 0 Å². The van der Waals surface area contributed by atoms with Crippen LogP contribution in [0.1, 0.15) is 38.2 Å². The third-order valence-corrected chi connectivity index (χ3v) is 5.48. The highest BCUT2D eigenvalue weighted by Gasteiger charge is 2.31. The molecule has 1 aromatic heterocycles. The lowest BCUT2D eigenvalue weighted by Gasteiger charge is -2.23. The van der Waals surface area contributed by atoms with Crippen LogP contribution < -0.4 is 0 Å². The van der Waals surface area contributed by atoms with Crippen molar-refractivity contribution in [1.82, 2.24) is 13.9 Å². The first-order valence-electron chi connectivity index (χ1n) is 6.88. The van der Waals surface area contributed by atoms with Gasteiger partial charge in [-0.15, -0.1) is 0 Å². The highest BCUT2D eigenvalue weighted by molar-refractivity contribution is 7.89. The van der Waals surface area contributed by atoms with E-state index in [1.54, 1.807) is 14.1 Å². The fourth-order valence-corrected chi connectivity index (χ4v) is 3.61. The van der Waals surface area contributed by atoms with E-state index in [-0.39, 0.29) is 5.03 Å². The molecule has 0 radical (unpaired) electrons. The van der Waals surface area contributed by atoms with E-state index in [1.807, 2.05) is 0 Å². The standard InChI is InChI=1S/C13H23N3O2S/c1-5-6-12-14-13(19(17,18)15(3)4)11-9-10(2)7-8-16(11)12/h10H,5-9H2,1-4H3. The number of rotatable bonds is 4. The third-order valence-electron chi connectivity index (χ3n) is 3.70. The molecule has 0 spiro atoms. The number of aryl methyl sites for hydroxylation is 1. The molecule has 5 nitrogen and oxygen atoms in total. The van der Waals surface area contributed by atoms with Gasteiger partial charge >= 0.3 is 0 Å². The van der Waals surface area contributed by atoms with Crippen LogP contribution in [0.2, 0.25) is 0 Å². The van der Waals surface area contributed by atoms with Crippen LogP contribution in [0.3, 0.4) is 0 Å². The Morgan fingerprint density at radius 3 is 2.68 bits per heavy atom. The molecule has 1 aromatic rings. The lowest BCUT2D eigenvalue weighted by molar-refractivity contribution is 0.403. The second-order valence-electron chi connectivity index (χ2n) is 5.57. The molecule has 0 aliphatic carbocycles. The van der Waals surface area contributed by atoms with Crippen molar-refractivity contribution in [2.75, 3.05) is 14.1 Å². The van der Waals surface area contributed by atoms with E-state index < -0.39 is 10.0 Å². The first kappa shape index (κ1) is 14.5. The summed E-state index contributed by atoms with van der Waals surface area (Å²) >= 11 is 0. The largest absolute Gasteiger partial charge is 0.331 e. The van der Waals surface area contributed by atoms with Gasteiger partial charge in [0.2, 0.25) is 0 Å². The summed E-state index contributed by atoms with van der Waals surface area (Å²) < 4.78 is 28.1. The van der Waals surface area contributed by atoms with E-state index in [0.29, 0.717) is 5.92 Å². The van der Waals surface area contributed by atoms with Crippen LogP contribution in [0.15, 0.2) is 5.03 Å². The number of fused-ring (bicyclic) bond motifs is 1. The zero-order chi connectivity index (χ0) is 14.2. The molecular formula is C13H23N3O2S. The zero-order valence-electron chi connectivity index (χ0n) is 12.2. The van der Waals surface area contributed by atoms with Gasteiger partial charge in [-0.25, -0.2) is 17.7 Å². The Hall–Kier alpha value is -0.880. The van der Waals surface area contributed by atoms with E-state index in [1.165, 1.54) is 4.31 Å². The summed E-state index contributed by atoms with van der Waals surface area (Å²) in [7, 11) is -0.313. The van der Waals surface area contributed by atoms with Crippen LogP contribution >= 0.6 is 0 Å². The van der Waals surface area contributed by atoms with Crippen LogP contribution in [0.4, 0.5) is 0 Å². The summed E-state index contributed by atoms with van der Waals surface area (Å²) in [5.74, 6) is 1.44. The summed E-state index contributed by atoms with van der Waals surface area (Å²) in [5.41, 5.74) is 0.899. The van der Waals surface area contributed by atoms with Gasteiger partial charge in [-0.2, -0.15) is 0 Å². The number of nitrogens with zero attached hydrogens (tertiary/aromatic N) is 3. The quantitative estimate of drug-likeness (QED) is 0.845. The smallest absolute Gasteiger partial charge is 0.261 e. The van der Waals surface area contributed by atoms with Gasteiger partial charge < -0.3 is 4.57 Å². The fourth-order valence-electron chi connectivity index (χ4n) is 2.55. The molecule has 0 fully saturated rings. The molecule has 2 rings (SSSR count). The minimum Gasteiger partial charge on any atom is -0.331 e. The second-order valence-corrected chi connectivity index (χ2v) is 7.63. The molecule has 19 heavy (non-hydrogen) atoms.